The molecule has 0 aliphatic rings. The normalized spacial score (nSPS) is 9.95. The first-order chi connectivity index (χ1) is 9.24. The van der Waals surface area contributed by atoms with Crippen molar-refractivity contribution in [1.82, 2.24) is 10.3 Å². The Morgan fingerprint density at radius 3 is 2.68 bits per heavy atom. The molecular formula is C14H15N3OS. The van der Waals surface area contributed by atoms with Gasteiger partial charge >= 0.3 is 6.03 Å². The van der Waals surface area contributed by atoms with E-state index in [4.69, 9.17) is 0 Å². The molecule has 2 amide bonds. The third-order valence-electron chi connectivity index (χ3n) is 2.55. The first-order valence-corrected chi connectivity index (χ1v) is 6.41. The number of hydrogen-bond donors (Lipinski definition) is 3. The van der Waals surface area contributed by atoms with E-state index >= 15 is 0 Å². The van der Waals surface area contributed by atoms with E-state index in [9.17, 15) is 4.79 Å². The highest BCUT2D eigenvalue weighted by atomic mass is 32.1. The molecule has 0 spiro atoms. The van der Waals surface area contributed by atoms with E-state index in [1.165, 1.54) is 0 Å². The van der Waals surface area contributed by atoms with Crippen LogP contribution in [-0.4, -0.2) is 17.6 Å². The van der Waals surface area contributed by atoms with Crippen LogP contribution in [0.5, 0.6) is 0 Å². The third-order valence-corrected chi connectivity index (χ3v) is 2.85. The minimum atomic E-state index is -0.212. The van der Waals surface area contributed by atoms with Gasteiger partial charge in [0.05, 0.1) is 0 Å². The molecule has 0 radical (unpaired) electrons. The van der Waals surface area contributed by atoms with Crippen molar-refractivity contribution >= 4 is 24.3 Å². The second kappa shape index (κ2) is 6.80. The van der Waals surface area contributed by atoms with Gasteiger partial charge in [0.15, 0.2) is 0 Å². The van der Waals surface area contributed by atoms with Crippen molar-refractivity contribution in [1.29, 1.82) is 0 Å². The van der Waals surface area contributed by atoms with E-state index in [1.54, 1.807) is 12.4 Å². The number of rotatable bonds is 4. The highest BCUT2D eigenvalue weighted by Crippen LogP contribution is 2.11. The Labute approximate surface area is 117 Å². The summed E-state index contributed by atoms with van der Waals surface area (Å²) >= 11 is 4.18. The van der Waals surface area contributed by atoms with E-state index in [-0.39, 0.29) is 6.03 Å². The summed E-state index contributed by atoms with van der Waals surface area (Å²) in [6, 6.07) is 10.9. The number of hydrogen-bond acceptors (Lipinski definition) is 3. The number of aromatic nitrogens is 1. The average molecular weight is 273 g/mol. The minimum absolute atomic E-state index is 0.212. The van der Waals surface area contributed by atoms with Crippen molar-refractivity contribution in [2.75, 3.05) is 11.9 Å². The van der Waals surface area contributed by atoms with Crippen molar-refractivity contribution < 1.29 is 4.79 Å². The molecular weight excluding hydrogens is 258 g/mol. The average Bonchev–Trinajstić information content (AvgIpc) is 2.43. The zero-order valence-electron chi connectivity index (χ0n) is 10.3. The molecule has 2 N–H and O–H groups in total. The minimum Gasteiger partial charge on any atom is -0.338 e. The number of carbonyl (C=O) groups is 1. The lowest BCUT2D eigenvalue weighted by molar-refractivity contribution is 0.252. The van der Waals surface area contributed by atoms with Crippen LogP contribution in [0, 0.1) is 0 Å². The van der Waals surface area contributed by atoms with Crippen LogP contribution in [0.3, 0.4) is 0 Å². The number of pyridine rings is 1. The Bertz CT molecular complexity index is 528. The molecule has 2 rings (SSSR count). The fourth-order valence-corrected chi connectivity index (χ4v) is 1.74. The van der Waals surface area contributed by atoms with Gasteiger partial charge < -0.3 is 10.6 Å². The van der Waals surface area contributed by atoms with Crippen molar-refractivity contribution in [2.45, 2.75) is 11.3 Å². The SMILES string of the molecule is O=C(NCCc1cccnc1)Nc1ccc(S)cc1. The topological polar surface area (TPSA) is 54.0 Å². The van der Waals surface area contributed by atoms with Gasteiger partial charge in [-0.1, -0.05) is 6.07 Å². The number of amides is 2. The van der Waals surface area contributed by atoms with Crippen LogP contribution in [0.2, 0.25) is 0 Å². The maximum absolute atomic E-state index is 11.6. The largest absolute Gasteiger partial charge is 0.338 e. The first kappa shape index (κ1) is 13.4. The maximum Gasteiger partial charge on any atom is 0.319 e. The Kier molecular flexibility index (Phi) is 4.80. The molecule has 2 aromatic rings. The number of carbonyl (C=O) groups excluding carboxylic acids is 1. The predicted molar refractivity (Wildman–Crippen MR) is 78.7 cm³/mol. The van der Waals surface area contributed by atoms with E-state index in [2.05, 4.69) is 28.2 Å². The fraction of sp³-hybridized carbons (Fsp3) is 0.143. The van der Waals surface area contributed by atoms with Gasteiger partial charge in [-0.05, 0) is 42.3 Å². The van der Waals surface area contributed by atoms with Gasteiger partial charge in [-0.15, -0.1) is 12.6 Å². The number of thiol groups is 1. The fourth-order valence-electron chi connectivity index (χ4n) is 1.59. The predicted octanol–water partition coefficient (Wildman–Crippen LogP) is 2.73. The second-order valence-corrected chi connectivity index (χ2v) is 4.56. The zero-order chi connectivity index (χ0) is 13.5. The van der Waals surface area contributed by atoms with Crippen LogP contribution >= 0.6 is 12.6 Å². The molecule has 0 bridgehead atoms. The summed E-state index contributed by atoms with van der Waals surface area (Å²) < 4.78 is 0. The molecule has 19 heavy (non-hydrogen) atoms. The van der Waals surface area contributed by atoms with Crippen LogP contribution in [0.4, 0.5) is 10.5 Å². The van der Waals surface area contributed by atoms with Gasteiger partial charge in [-0.2, -0.15) is 0 Å². The molecule has 98 valence electrons. The van der Waals surface area contributed by atoms with Gasteiger partial charge in [0.1, 0.15) is 0 Å². The van der Waals surface area contributed by atoms with Gasteiger partial charge in [0, 0.05) is 29.5 Å². The molecule has 1 aromatic carbocycles. The Hall–Kier alpha value is -2.01. The van der Waals surface area contributed by atoms with Gasteiger partial charge in [-0.25, -0.2) is 4.79 Å². The smallest absolute Gasteiger partial charge is 0.319 e. The van der Waals surface area contributed by atoms with Crippen molar-refractivity contribution in [2.24, 2.45) is 0 Å². The Balaban J connectivity index is 1.74. The Morgan fingerprint density at radius 2 is 2.00 bits per heavy atom. The molecule has 0 unspecified atom stereocenters. The second-order valence-electron chi connectivity index (χ2n) is 4.04. The van der Waals surface area contributed by atoms with Gasteiger partial charge in [-0.3, -0.25) is 4.98 Å². The monoisotopic (exact) mass is 273 g/mol. The van der Waals surface area contributed by atoms with E-state index in [0.29, 0.717) is 6.54 Å². The summed E-state index contributed by atoms with van der Waals surface area (Å²) in [5.74, 6) is 0. The summed E-state index contributed by atoms with van der Waals surface area (Å²) in [7, 11) is 0. The molecule has 0 fully saturated rings. The van der Waals surface area contributed by atoms with E-state index < -0.39 is 0 Å². The molecule has 0 saturated carbocycles. The van der Waals surface area contributed by atoms with Crippen LogP contribution in [-0.2, 0) is 6.42 Å². The highest BCUT2D eigenvalue weighted by Gasteiger charge is 2.01. The first-order valence-electron chi connectivity index (χ1n) is 5.97. The summed E-state index contributed by atoms with van der Waals surface area (Å²) in [5, 5.41) is 5.55. The van der Waals surface area contributed by atoms with Gasteiger partial charge in [0.25, 0.3) is 0 Å². The molecule has 4 nitrogen and oxygen atoms in total. The van der Waals surface area contributed by atoms with E-state index in [1.807, 2.05) is 36.4 Å². The summed E-state index contributed by atoms with van der Waals surface area (Å²) in [4.78, 5) is 16.5. The molecule has 1 aromatic heterocycles. The zero-order valence-corrected chi connectivity index (χ0v) is 11.2. The third kappa shape index (κ3) is 4.63. The lowest BCUT2D eigenvalue weighted by atomic mass is 10.2. The number of anilines is 1. The van der Waals surface area contributed by atoms with E-state index in [0.717, 1.165) is 22.6 Å². The Morgan fingerprint density at radius 1 is 1.21 bits per heavy atom. The summed E-state index contributed by atoms with van der Waals surface area (Å²) in [5.41, 5.74) is 1.85. The van der Waals surface area contributed by atoms with Crippen LogP contribution in [0.1, 0.15) is 5.56 Å². The number of nitrogens with one attached hydrogen (secondary N) is 2. The lowest BCUT2D eigenvalue weighted by Crippen LogP contribution is -2.30. The molecule has 0 atom stereocenters. The van der Waals surface area contributed by atoms with Crippen LogP contribution in [0.15, 0.2) is 53.7 Å². The van der Waals surface area contributed by atoms with Crippen LogP contribution in [0.25, 0.3) is 0 Å². The van der Waals surface area contributed by atoms with Crippen molar-refractivity contribution in [3.05, 3.63) is 54.4 Å². The number of urea groups is 1. The number of nitrogens with zero attached hydrogens (tertiary/aromatic N) is 1. The maximum atomic E-state index is 11.6. The molecule has 0 aliphatic carbocycles. The molecule has 5 heteroatoms. The standard InChI is InChI=1S/C14H15N3OS/c18-14(17-12-3-5-13(19)6-4-12)16-9-7-11-2-1-8-15-10-11/h1-6,8,10,19H,7,9H2,(H2,16,17,18). The van der Waals surface area contributed by atoms with Gasteiger partial charge in [0.2, 0.25) is 0 Å². The number of benzene rings is 1. The lowest BCUT2D eigenvalue weighted by Gasteiger charge is -2.07. The molecule has 0 aliphatic heterocycles. The summed E-state index contributed by atoms with van der Waals surface area (Å²) in [6.07, 6.45) is 4.29. The van der Waals surface area contributed by atoms with Crippen molar-refractivity contribution in [3.8, 4) is 0 Å². The quantitative estimate of drug-likeness (QED) is 0.750. The van der Waals surface area contributed by atoms with Crippen LogP contribution < -0.4 is 10.6 Å². The summed E-state index contributed by atoms with van der Waals surface area (Å²) in [6.45, 7) is 0.572. The molecule has 0 saturated heterocycles. The van der Waals surface area contributed by atoms with Crippen molar-refractivity contribution in [3.63, 3.8) is 0 Å². The highest BCUT2D eigenvalue weighted by molar-refractivity contribution is 7.80. The molecule has 1 heterocycles.